The molecule has 37 heavy (non-hydrogen) atoms. The third-order valence-corrected chi connectivity index (χ3v) is 6.34. The van der Waals surface area contributed by atoms with E-state index in [-0.39, 0.29) is 6.61 Å². The highest BCUT2D eigenvalue weighted by molar-refractivity contribution is 6.32. The highest BCUT2D eigenvalue weighted by Crippen LogP contribution is 2.33. The van der Waals surface area contributed by atoms with Gasteiger partial charge in [-0.2, -0.15) is 0 Å². The third kappa shape index (κ3) is 6.16. The predicted octanol–water partition coefficient (Wildman–Crippen LogP) is 3.58. The molecule has 0 radical (unpaired) electrons. The van der Waals surface area contributed by atoms with Gasteiger partial charge in [0.2, 0.25) is 0 Å². The molecule has 11 heteroatoms. The van der Waals surface area contributed by atoms with Crippen LogP contribution in [0.2, 0.25) is 5.02 Å². The summed E-state index contributed by atoms with van der Waals surface area (Å²) in [6.45, 7) is 5.25. The van der Waals surface area contributed by atoms with Crippen molar-refractivity contribution >= 4 is 34.0 Å². The molecular formula is C26H28ClN7O3. The minimum Gasteiger partial charge on any atom is -0.491 e. The van der Waals surface area contributed by atoms with Crippen LogP contribution in [0, 0.1) is 0 Å². The van der Waals surface area contributed by atoms with E-state index in [1.807, 2.05) is 12.1 Å². The van der Waals surface area contributed by atoms with Crippen LogP contribution in [0.15, 0.2) is 48.9 Å². The minimum absolute atomic E-state index is 0.275. The Kier molecular flexibility index (Phi) is 7.79. The quantitative estimate of drug-likeness (QED) is 0.248. The van der Waals surface area contributed by atoms with E-state index in [1.165, 1.54) is 6.33 Å². The molecule has 5 rings (SSSR count). The van der Waals surface area contributed by atoms with E-state index in [1.54, 1.807) is 30.5 Å². The molecule has 1 aliphatic heterocycles. The van der Waals surface area contributed by atoms with Gasteiger partial charge < -0.3 is 25.7 Å². The number of morpholine rings is 1. The van der Waals surface area contributed by atoms with Crippen LogP contribution in [0.3, 0.4) is 0 Å². The summed E-state index contributed by atoms with van der Waals surface area (Å²) in [5, 5.41) is 1.09. The Morgan fingerprint density at radius 1 is 1.00 bits per heavy atom. The molecule has 0 saturated carbocycles. The number of fused-ring (bicyclic) bond motifs is 1. The maximum Gasteiger partial charge on any atom is 0.162 e. The molecule has 0 aliphatic carbocycles. The molecule has 0 unspecified atom stereocenters. The SMILES string of the molecule is Nc1cc2c(N)nc(-c3ccc(OCc4ccncn4)c(Cl)c3)nc2cc1OCCCN1CCOCC1. The van der Waals surface area contributed by atoms with Gasteiger partial charge in [0, 0.05) is 42.8 Å². The highest BCUT2D eigenvalue weighted by Gasteiger charge is 2.14. The van der Waals surface area contributed by atoms with Gasteiger partial charge in [-0.25, -0.2) is 19.9 Å². The van der Waals surface area contributed by atoms with Gasteiger partial charge in [0.1, 0.15) is 30.3 Å². The lowest BCUT2D eigenvalue weighted by Gasteiger charge is -2.26. The van der Waals surface area contributed by atoms with Crippen molar-refractivity contribution in [2.24, 2.45) is 0 Å². The number of aromatic nitrogens is 4. The van der Waals surface area contributed by atoms with Crippen molar-refractivity contribution in [3.05, 3.63) is 59.6 Å². The smallest absolute Gasteiger partial charge is 0.162 e. The molecular weight excluding hydrogens is 494 g/mol. The van der Waals surface area contributed by atoms with E-state index in [0.29, 0.717) is 56.9 Å². The van der Waals surface area contributed by atoms with Crippen molar-refractivity contribution in [3.8, 4) is 22.9 Å². The topological polar surface area (TPSA) is 135 Å². The number of hydrogen-bond donors (Lipinski definition) is 2. The van der Waals surface area contributed by atoms with E-state index >= 15 is 0 Å². The first-order valence-electron chi connectivity index (χ1n) is 12.0. The normalized spacial score (nSPS) is 14.1. The third-order valence-electron chi connectivity index (χ3n) is 6.05. The van der Waals surface area contributed by atoms with Gasteiger partial charge in [-0.3, -0.25) is 4.90 Å². The maximum atomic E-state index is 6.49. The Morgan fingerprint density at radius 2 is 1.86 bits per heavy atom. The van der Waals surface area contributed by atoms with Crippen LogP contribution < -0.4 is 20.9 Å². The van der Waals surface area contributed by atoms with Gasteiger partial charge in [0.15, 0.2) is 5.82 Å². The van der Waals surface area contributed by atoms with Crippen molar-refractivity contribution in [2.75, 3.05) is 50.9 Å². The van der Waals surface area contributed by atoms with Crippen molar-refractivity contribution in [1.29, 1.82) is 0 Å². The Balaban J connectivity index is 1.29. The number of nitrogen functional groups attached to an aromatic ring is 2. The van der Waals surface area contributed by atoms with Gasteiger partial charge in [0.05, 0.1) is 41.7 Å². The average Bonchev–Trinajstić information content (AvgIpc) is 2.92. The number of anilines is 2. The van der Waals surface area contributed by atoms with E-state index in [9.17, 15) is 0 Å². The van der Waals surface area contributed by atoms with Crippen molar-refractivity contribution < 1.29 is 14.2 Å². The Labute approximate surface area is 219 Å². The molecule has 0 amide bonds. The van der Waals surface area contributed by atoms with Crippen LogP contribution >= 0.6 is 11.6 Å². The second kappa shape index (κ2) is 11.5. The largest absolute Gasteiger partial charge is 0.491 e. The number of hydrogen-bond acceptors (Lipinski definition) is 10. The number of ether oxygens (including phenoxy) is 3. The lowest BCUT2D eigenvalue weighted by atomic mass is 10.1. The number of nitrogens with zero attached hydrogens (tertiary/aromatic N) is 5. The molecule has 1 aliphatic rings. The molecule has 4 N–H and O–H groups in total. The lowest BCUT2D eigenvalue weighted by Crippen LogP contribution is -2.37. The fourth-order valence-electron chi connectivity index (χ4n) is 4.06. The maximum absolute atomic E-state index is 6.49. The fourth-order valence-corrected chi connectivity index (χ4v) is 4.29. The first-order valence-corrected chi connectivity index (χ1v) is 12.4. The van der Waals surface area contributed by atoms with Crippen molar-refractivity contribution in [1.82, 2.24) is 24.8 Å². The molecule has 10 nitrogen and oxygen atoms in total. The summed E-state index contributed by atoms with van der Waals surface area (Å²) >= 11 is 6.49. The molecule has 2 aromatic heterocycles. The highest BCUT2D eigenvalue weighted by atomic mass is 35.5. The summed E-state index contributed by atoms with van der Waals surface area (Å²) < 4.78 is 17.2. The first-order chi connectivity index (χ1) is 18.1. The molecule has 0 bridgehead atoms. The van der Waals surface area contributed by atoms with E-state index in [0.717, 1.165) is 45.0 Å². The molecule has 0 atom stereocenters. The molecule has 2 aromatic carbocycles. The number of halogens is 1. The second-order valence-corrected chi connectivity index (χ2v) is 9.04. The number of rotatable bonds is 9. The average molecular weight is 522 g/mol. The Bertz CT molecular complexity index is 1370. The number of nitrogens with two attached hydrogens (primary N) is 2. The lowest BCUT2D eigenvalue weighted by molar-refractivity contribution is 0.0358. The summed E-state index contributed by atoms with van der Waals surface area (Å²) in [4.78, 5) is 19.6. The summed E-state index contributed by atoms with van der Waals surface area (Å²) in [7, 11) is 0. The zero-order valence-corrected chi connectivity index (χ0v) is 21.0. The zero-order chi connectivity index (χ0) is 25.6. The van der Waals surface area contributed by atoms with Gasteiger partial charge in [0.25, 0.3) is 0 Å². The van der Waals surface area contributed by atoms with Crippen LogP contribution in [-0.4, -0.2) is 64.3 Å². The van der Waals surface area contributed by atoms with Gasteiger partial charge >= 0.3 is 0 Å². The Hall–Kier alpha value is -3.73. The summed E-state index contributed by atoms with van der Waals surface area (Å²) in [6, 6.07) is 10.7. The standard InChI is InChI=1S/C26H28ClN7O3/c27-20-12-17(2-3-23(20)37-15-18-4-5-30-16-31-18)26-32-22-14-24(21(28)13-19(22)25(29)33-26)36-9-1-6-34-7-10-35-11-8-34/h2-5,12-14,16H,1,6-11,15,28H2,(H2,29,32,33). The van der Waals surface area contributed by atoms with Gasteiger partial charge in [-0.1, -0.05) is 11.6 Å². The molecule has 4 aromatic rings. The zero-order valence-electron chi connectivity index (χ0n) is 20.3. The van der Waals surface area contributed by atoms with Crippen LogP contribution in [-0.2, 0) is 11.3 Å². The van der Waals surface area contributed by atoms with Crippen LogP contribution in [0.4, 0.5) is 11.5 Å². The summed E-state index contributed by atoms with van der Waals surface area (Å²) in [5.41, 5.74) is 15.1. The van der Waals surface area contributed by atoms with E-state index in [4.69, 9.17) is 42.3 Å². The molecule has 1 saturated heterocycles. The molecule has 192 valence electrons. The summed E-state index contributed by atoms with van der Waals surface area (Å²) in [6.07, 6.45) is 4.02. The van der Waals surface area contributed by atoms with Gasteiger partial charge in [-0.15, -0.1) is 0 Å². The van der Waals surface area contributed by atoms with Gasteiger partial charge in [-0.05, 0) is 36.8 Å². The van der Waals surface area contributed by atoms with Crippen LogP contribution in [0.25, 0.3) is 22.3 Å². The monoisotopic (exact) mass is 521 g/mol. The van der Waals surface area contributed by atoms with E-state index < -0.39 is 0 Å². The fraction of sp³-hybridized carbons (Fsp3) is 0.308. The van der Waals surface area contributed by atoms with Crippen molar-refractivity contribution in [2.45, 2.75) is 13.0 Å². The Morgan fingerprint density at radius 3 is 2.65 bits per heavy atom. The van der Waals surface area contributed by atoms with Crippen molar-refractivity contribution in [3.63, 3.8) is 0 Å². The molecule has 1 fully saturated rings. The number of benzene rings is 2. The predicted molar refractivity (Wildman–Crippen MR) is 143 cm³/mol. The van der Waals surface area contributed by atoms with Crippen LogP contribution in [0.1, 0.15) is 12.1 Å². The summed E-state index contributed by atoms with van der Waals surface area (Å²) in [5.74, 6) is 1.87. The second-order valence-electron chi connectivity index (χ2n) is 8.63. The molecule has 3 heterocycles. The minimum atomic E-state index is 0.275. The van der Waals surface area contributed by atoms with E-state index in [2.05, 4.69) is 19.9 Å². The first kappa shape index (κ1) is 24.9. The van der Waals surface area contributed by atoms with Crippen LogP contribution in [0.5, 0.6) is 11.5 Å². The molecule has 0 spiro atoms.